The third-order valence-electron chi connectivity index (χ3n) is 4.47. The van der Waals surface area contributed by atoms with Gasteiger partial charge in [0, 0.05) is 19.1 Å². The van der Waals surface area contributed by atoms with Gasteiger partial charge in [0.05, 0.1) is 17.6 Å². The van der Waals surface area contributed by atoms with Crippen LogP contribution in [0.4, 0.5) is 0 Å². The second-order valence-electron chi connectivity index (χ2n) is 6.49. The van der Waals surface area contributed by atoms with Crippen LogP contribution >= 0.6 is 0 Å². The van der Waals surface area contributed by atoms with E-state index in [1.807, 2.05) is 6.92 Å². The zero-order valence-corrected chi connectivity index (χ0v) is 16.1. The van der Waals surface area contributed by atoms with Crippen molar-refractivity contribution in [3.05, 3.63) is 23.8 Å². The molecule has 1 N–H and O–H groups in total. The summed E-state index contributed by atoms with van der Waals surface area (Å²) in [7, 11) is -2.11. The molecule has 1 atom stereocenters. The van der Waals surface area contributed by atoms with Crippen molar-refractivity contribution in [3.63, 3.8) is 0 Å². The van der Waals surface area contributed by atoms with Crippen molar-refractivity contribution in [2.75, 3.05) is 20.2 Å². The minimum Gasteiger partial charge on any atom is -0.496 e. The van der Waals surface area contributed by atoms with Crippen molar-refractivity contribution in [1.82, 2.24) is 9.62 Å². The van der Waals surface area contributed by atoms with Crippen molar-refractivity contribution in [1.29, 1.82) is 0 Å². The highest BCUT2D eigenvalue weighted by atomic mass is 32.2. The molecule has 1 fully saturated rings. The highest BCUT2D eigenvalue weighted by Gasteiger charge is 2.27. The van der Waals surface area contributed by atoms with E-state index in [-0.39, 0.29) is 22.4 Å². The lowest BCUT2D eigenvalue weighted by Gasteiger charge is -2.26. The van der Waals surface area contributed by atoms with Gasteiger partial charge in [-0.15, -0.1) is 0 Å². The molecule has 0 aromatic heterocycles. The maximum Gasteiger partial charge on any atom is 0.255 e. The Morgan fingerprint density at radius 3 is 2.56 bits per heavy atom. The molecule has 1 aliphatic rings. The van der Waals surface area contributed by atoms with Gasteiger partial charge in [-0.1, -0.05) is 19.8 Å². The molecule has 0 spiro atoms. The minimum atomic E-state index is -3.58. The van der Waals surface area contributed by atoms with E-state index in [1.165, 1.54) is 23.5 Å². The zero-order valence-electron chi connectivity index (χ0n) is 15.2. The van der Waals surface area contributed by atoms with E-state index in [9.17, 15) is 13.2 Å². The summed E-state index contributed by atoms with van der Waals surface area (Å²) in [5.41, 5.74) is 0.253. The summed E-state index contributed by atoms with van der Waals surface area (Å²) in [4.78, 5) is 12.7. The van der Waals surface area contributed by atoms with Crippen molar-refractivity contribution in [3.8, 4) is 5.75 Å². The summed E-state index contributed by atoms with van der Waals surface area (Å²) >= 11 is 0. The van der Waals surface area contributed by atoms with Crippen LogP contribution in [0.5, 0.6) is 5.75 Å². The molecule has 1 heterocycles. The molecule has 0 unspecified atom stereocenters. The molecule has 1 aliphatic heterocycles. The Bertz CT molecular complexity index is 697. The summed E-state index contributed by atoms with van der Waals surface area (Å²) in [6, 6.07) is 4.51. The van der Waals surface area contributed by atoms with E-state index < -0.39 is 10.0 Å². The molecule has 1 amide bonds. The Labute approximate surface area is 150 Å². The summed E-state index contributed by atoms with van der Waals surface area (Å²) in [6.07, 6.45) is 4.62. The van der Waals surface area contributed by atoms with E-state index in [2.05, 4.69) is 12.2 Å². The third kappa shape index (κ3) is 4.73. The molecule has 140 valence electrons. The number of hydrogen-bond acceptors (Lipinski definition) is 4. The van der Waals surface area contributed by atoms with Gasteiger partial charge in [-0.05, 0) is 44.4 Å². The summed E-state index contributed by atoms with van der Waals surface area (Å²) < 4.78 is 32.4. The van der Waals surface area contributed by atoms with Gasteiger partial charge in [0.2, 0.25) is 10.0 Å². The molecular weight excluding hydrogens is 340 g/mol. The topological polar surface area (TPSA) is 75.7 Å². The molecule has 1 saturated heterocycles. The zero-order chi connectivity index (χ0) is 18.4. The van der Waals surface area contributed by atoms with E-state index in [1.54, 1.807) is 6.07 Å². The average Bonchev–Trinajstić information content (AvgIpc) is 2.62. The average molecular weight is 368 g/mol. The monoisotopic (exact) mass is 368 g/mol. The lowest BCUT2D eigenvalue weighted by molar-refractivity contribution is 0.0935. The van der Waals surface area contributed by atoms with Crippen LogP contribution in [0.2, 0.25) is 0 Å². The van der Waals surface area contributed by atoms with Crippen LogP contribution in [0.25, 0.3) is 0 Å². The summed E-state index contributed by atoms with van der Waals surface area (Å²) in [5, 5.41) is 2.90. The van der Waals surface area contributed by atoms with Crippen LogP contribution in [0, 0.1) is 0 Å². The molecule has 25 heavy (non-hydrogen) atoms. The Morgan fingerprint density at radius 1 is 1.28 bits per heavy atom. The molecule has 0 bridgehead atoms. The molecule has 1 aromatic carbocycles. The highest BCUT2D eigenvalue weighted by Crippen LogP contribution is 2.26. The van der Waals surface area contributed by atoms with E-state index in [0.29, 0.717) is 18.8 Å². The molecule has 0 aliphatic carbocycles. The number of rotatable bonds is 7. The van der Waals surface area contributed by atoms with Gasteiger partial charge in [-0.3, -0.25) is 4.79 Å². The quantitative estimate of drug-likeness (QED) is 0.803. The first-order chi connectivity index (χ1) is 11.9. The molecule has 2 rings (SSSR count). The fourth-order valence-electron chi connectivity index (χ4n) is 3.09. The fourth-order valence-corrected chi connectivity index (χ4v) is 4.63. The van der Waals surface area contributed by atoms with Gasteiger partial charge in [-0.2, -0.15) is 4.31 Å². The third-order valence-corrected chi connectivity index (χ3v) is 6.36. The molecule has 7 heteroatoms. The highest BCUT2D eigenvalue weighted by molar-refractivity contribution is 7.89. The number of carbonyl (C=O) groups is 1. The Kier molecular flexibility index (Phi) is 6.84. The van der Waals surface area contributed by atoms with Gasteiger partial charge >= 0.3 is 0 Å². The predicted molar refractivity (Wildman–Crippen MR) is 97.4 cm³/mol. The van der Waals surface area contributed by atoms with Gasteiger partial charge in [0.15, 0.2) is 0 Å². The number of nitrogens with one attached hydrogen (secondary N) is 1. The van der Waals surface area contributed by atoms with E-state index in [0.717, 1.165) is 32.1 Å². The Morgan fingerprint density at radius 2 is 1.96 bits per heavy atom. The number of sulfonamides is 1. The Balaban J connectivity index is 2.31. The second-order valence-corrected chi connectivity index (χ2v) is 8.43. The largest absolute Gasteiger partial charge is 0.496 e. The van der Waals surface area contributed by atoms with Gasteiger partial charge in [0.25, 0.3) is 5.91 Å². The number of benzene rings is 1. The molecule has 1 aromatic rings. The molecular formula is C18H28N2O4S. The first kappa shape index (κ1) is 19.7. The standard InChI is InChI=1S/C18H28N2O4S/c1-4-8-14(2)19-18(21)16-13-15(9-10-17(16)24-3)25(22,23)20-11-6-5-7-12-20/h9-10,13-14H,4-8,11-12H2,1-3H3,(H,19,21)/t14-/m1/s1. The Hall–Kier alpha value is -1.60. The first-order valence-corrected chi connectivity index (χ1v) is 10.3. The van der Waals surface area contributed by atoms with Gasteiger partial charge < -0.3 is 10.1 Å². The number of piperidine rings is 1. The smallest absolute Gasteiger partial charge is 0.255 e. The fraction of sp³-hybridized carbons (Fsp3) is 0.611. The number of ether oxygens (including phenoxy) is 1. The van der Waals surface area contributed by atoms with Crippen LogP contribution in [-0.2, 0) is 10.0 Å². The van der Waals surface area contributed by atoms with Crippen LogP contribution in [-0.4, -0.2) is 44.9 Å². The lowest BCUT2D eigenvalue weighted by Crippen LogP contribution is -2.36. The number of nitrogens with zero attached hydrogens (tertiary/aromatic N) is 1. The van der Waals surface area contributed by atoms with Crippen molar-refractivity contribution < 1.29 is 17.9 Å². The number of carbonyl (C=O) groups excluding carboxylic acids is 1. The second kappa shape index (κ2) is 8.67. The van der Waals surface area contributed by atoms with E-state index in [4.69, 9.17) is 4.74 Å². The first-order valence-electron chi connectivity index (χ1n) is 8.89. The molecule has 0 radical (unpaired) electrons. The van der Waals surface area contributed by atoms with Gasteiger partial charge in [-0.25, -0.2) is 8.42 Å². The molecule has 0 saturated carbocycles. The normalized spacial score (nSPS) is 17.1. The SMILES string of the molecule is CCC[C@@H](C)NC(=O)c1cc(S(=O)(=O)N2CCCCC2)ccc1OC. The number of amides is 1. The van der Waals surface area contributed by atoms with Crippen molar-refractivity contribution in [2.45, 2.75) is 56.9 Å². The molecule has 6 nitrogen and oxygen atoms in total. The maximum atomic E-state index is 12.8. The van der Waals surface area contributed by atoms with Crippen molar-refractivity contribution >= 4 is 15.9 Å². The van der Waals surface area contributed by atoms with Crippen LogP contribution < -0.4 is 10.1 Å². The van der Waals surface area contributed by atoms with E-state index >= 15 is 0 Å². The van der Waals surface area contributed by atoms with Crippen LogP contribution in [0.3, 0.4) is 0 Å². The predicted octanol–water partition coefficient (Wildman–Crippen LogP) is 2.79. The van der Waals surface area contributed by atoms with Crippen LogP contribution in [0.15, 0.2) is 23.1 Å². The number of methoxy groups -OCH3 is 1. The van der Waals surface area contributed by atoms with Crippen molar-refractivity contribution in [2.24, 2.45) is 0 Å². The summed E-state index contributed by atoms with van der Waals surface area (Å²) in [5.74, 6) is 0.0623. The minimum absolute atomic E-state index is 0.0181. The number of hydrogen-bond donors (Lipinski definition) is 1. The lowest BCUT2D eigenvalue weighted by atomic mass is 10.1. The van der Waals surface area contributed by atoms with Gasteiger partial charge in [0.1, 0.15) is 5.75 Å². The maximum absolute atomic E-state index is 12.8. The van der Waals surface area contributed by atoms with Crippen LogP contribution in [0.1, 0.15) is 56.3 Å². The summed E-state index contributed by atoms with van der Waals surface area (Å²) in [6.45, 7) is 5.05.